The Labute approximate surface area is 139 Å². The molecule has 2 amide bonds. The Hall–Kier alpha value is -2.28. The molecule has 0 saturated carbocycles. The molecule has 1 aromatic heterocycles. The summed E-state index contributed by atoms with van der Waals surface area (Å²) in [6, 6.07) is 4.94. The number of H-pyrrole nitrogens is 1. The summed E-state index contributed by atoms with van der Waals surface area (Å²) in [7, 11) is 1.52. The minimum absolute atomic E-state index is 0.101. The highest BCUT2D eigenvalue weighted by Crippen LogP contribution is 2.34. The molecule has 8 heteroatoms. The van der Waals surface area contributed by atoms with E-state index in [1.165, 1.54) is 13.4 Å². The van der Waals surface area contributed by atoms with Crippen molar-refractivity contribution < 1.29 is 9.53 Å². The summed E-state index contributed by atoms with van der Waals surface area (Å²) in [5.41, 5.74) is 0.548. The molecule has 2 heterocycles. The molecule has 2 N–H and O–H groups in total. The Kier molecular flexibility index (Phi) is 4.66. The van der Waals surface area contributed by atoms with Crippen LogP contribution in [0, 0.1) is 0 Å². The van der Waals surface area contributed by atoms with Gasteiger partial charge < -0.3 is 15.0 Å². The van der Waals surface area contributed by atoms with Crippen LogP contribution in [-0.2, 0) is 0 Å². The number of benzene rings is 1. The zero-order valence-electron chi connectivity index (χ0n) is 12.8. The molecule has 122 valence electrons. The van der Waals surface area contributed by atoms with Crippen LogP contribution in [0.3, 0.4) is 0 Å². The van der Waals surface area contributed by atoms with E-state index in [-0.39, 0.29) is 12.1 Å². The van der Waals surface area contributed by atoms with Crippen LogP contribution in [0.15, 0.2) is 24.5 Å². The third-order valence-corrected chi connectivity index (χ3v) is 4.22. The predicted octanol–water partition coefficient (Wildman–Crippen LogP) is 3.23. The number of ether oxygens (including phenoxy) is 1. The van der Waals surface area contributed by atoms with Crippen molar-refractivity contribution in [1.82, 2.24) is 20.1 Å². The van der Waals surface area contributed by atoms with Gasteiger partial charge in [-0.2, -0.15) is 5.10 Å². The number of carbonyl (C=O) groups excluding carboxylic acids is 1. The summed E-state index contributed by atoms with van der Waals surface area (Å²) in [5.74, 6) is 1.16. The Morgan fingerprint density at radius 3 is 3.09 bits per heavy atom. The van der Waals surface area contributed by atoms with E-state index in [0.29, 0.717) is 28.8 Å². The second kappa shape index (κ2) is 6.87. The molecule has 1 aromatic carbocycles. The number of carbonyl (C=O) groups is 1. The number of aromatic nitrogens is 3. The average Bonchev–Trinajstić information content (AvgIpc) is 3.09. The highest BCUT2D eigenvalue weighted by atomic mass is 35.5. The third-order valence-electron chi connectivity index (χ3n) is 3.93. The number of rotatable bonds is 3. The standard InChI is InChI=1S/C15H18ClN5O2/c1-23-13-10(16)5-4-6-11(13)19-15(22)21-8-3-2-7-12(21)14-17-9-18-20-14/h4-6,9,12H,2-3,7-8H2,1H3,(H,19,22)(H,17,18,20)/t12-/m1/s1. The first-order chi connectivity index (χ1) is 11.2. The van der Waals surface area contributed by atoms with Crippen LogP contribution in [0.25, 0.3) is 0 Å². The number of amides is 2. The fourth-order valence-electron chi connectivity index (χ4n) is 2.84. The second-order valence-electron chi connectivity index (χ2n) is 5.33. The van der Waals surface area contributed by atoms with Gasteiger partial charge in [0.05, 0.1) is 23.9 Å². The molecule has 2 aromatic rings. The Morgan fingerprint density at radius 2 is 2.35 bits per heavy atom. The minimum atomic E-state index is -0.202. The summed E-state index contributed by atoms with van der Waals surface area (Å²) in [5, 5.41) is 10.1. The Bertz CT molecular complexity index is 677. The van der Waals surface area contributed by atoms with E-state index in [2.05, 4.69) is 20.5 Å². The lowest BCUT2D eigenvalue weighted by atomic mass is 10.0. The van der Waals surface area contributed by atoms with Crippen LogP contribution in [-0.4, -0.2) is 39.8 Å². The number of hydrogen-bond donors (Lipinski definition) is 2. The zero-order valence-corrected chi connectivity index (χ0v) is 13.5. The van der Waals surface area contributed by atoms with E-state index >= 15 is 0 Å². The Balaban J connectivity index is 1.80. The van der Waals surface area contributed by atoms with E-state index in [1.807, 2.05) is 0 Å². The van der Waals surface area contributed by atoms with Crippen molar-refractivity contribution in [3.05, 3.63) is 35.4 Å². The summed E-state index contributed by atoms with van der Waals surface area (Å²) in [6.45, 7) is 0.667. The molecule has 0 spiro atoms. The maximum absolute atomic E-state index is 12.7. The largest absolute Gasteiger partial charge is 0.493 e. The number of hydrogen-bond acceptors (Lipinski definition) is 4. The number of urea groups is 1. The highest BCUT2D eigenvalue weighted by Gasteiger charge is 2.30. The molecule has 3 rings (SSSR count). The number of nitrogens with one attached hydrogen (secondary N) is 2. The lowest BCUT2D eigenvalue weighted by Gasteiger charge is -2.34. The molecule has 7 nitrogen and oxygen atoms in total. The van der Waals surface area contributed by atoms with Crippen molar-refractivity contribution in [1.29, 1.82) is 0 Å². The first kappa shape index (κ1) is 15.6. The maximum Gasteiger partial charge on any atom is 0.322 e. The normalized spacial score (nSPS) is 17.8. The van der Waals surface area contributed by atoms with Crippen LogP contribution < -0.4 is 10.1 Å². The summed E-state index contributed by atoms with van der Waals surface area (Å²) in [6.07, 6.45) is 4.33. The van der Waals surface area contributed by atoms with Crippen molar-refractivity contribution in [3.8, 4) is 5.75 Å². The molecule has 1 atom stereocenters. The van der Waals surface area contributed by atoms with E-state index in [9.17, 15) is 4.79 Å². The number of aromatic amines is 1. The topological polar surface area (TPSA) is 83.1 Å². The van der Waals surface area contributed by atoms with Crippen molar-refractivity contribution in [2.24, 2.45) is 0 Å². The number of methoxy groups -OCH3 is 1. The molecule has 1 aliphatic heterocycles. The van der Waals surface area contributed by atoms with E-state index in [4.69, 9.17) is 16.3 Å². The molecule has 1 saturated heterocycles. The van der Waals surface area contributed by atoms with Gasteiger partial charge >= 0.3 is 6.03 Å². The molecule has 0 aliphatic carbocycles. The monoisotopic (exact) mass is 335 g/mol. The van der Waals surface area contributed by atoms with Crippen molar-refractivity contribution in [3.63, 3.8) is 0 Å². The van der Waals surface area contributed by atoms with Crippen molar-refractivity contribution >= 4 is 23.3 Å². The van der Waals surface area contributed by atoms with Gasteiger partial charge in [0.25, 0.3) is 0 Å². The maximum atomic E-state index is 12.7. The second-order valence-corrected chi connectivity index (χ2v) is 5.73. The smallest absolute Gasteiger partial charge is 0.322 e. The molecule has 23 heavy (non-hydrogen) atoms. The predicted molar refractivity (Wildman–Crippen MR) is 86.7 cm³/mol. The molecule has 1 aliphatic rings. The van der Waals surface area contributed by atoms with Crippen LogP contribution in [0.5, 0.6) is 5.75 Å². The van der Waals surface area contributed by atoms with Crippen molar-refractivity contribution in [2.75, 3.05) is 19.0 Å². The molecule has 0 unspecified atom stereocenters. The lowest BCUT2D eigenvalue weighted by Crippen LogP contribution is -2.41. The Morgan fingerprint density at radius 1 is 1.48 bits per heavy atom. The first-order valence-corrected chi connectivity index (χ1v) is 7.84. The first-order valence-electron chi connectivity index (χ1n) is 7.46. The van der Waals surface area contributed by atoms with Gasteiger partial charge in [0.2, 0.25) is 0 Å². The van der Waals surface area contributed by atoms with E-state index in [0.717, 1.165) is 19.3 Å². The molecular formula is C15H18ClN5O2. The van der Waals surface area contributed by atoms with Gasteiger partial charge in [-0.3, -0.25) is 5.10 Å². The minimum Gasteiger partial charge on any atom is -0.493 e. The number of anilines is 1. The number of nitrogens with zero attached hydrogens (tertiary/aromatic N) is 3. The van der Waals surface area contributed by atoms with E-state index in [1.54, 1.807) is 23.1 Å². The van der Waals surface area contributed by atoms with E-state index < -0.39 is 0 Å². The molecule has 1 fully saturated rings. The molecule has 0 radical (unpaired) electrons. The SMILES string of the molecule is COc1c(Cl)cccc1NC(=O)N1CCCC[C@@H]1c1ncn[nH]1. The number of piperidine rings is 1. The number of halogens is 1. The summed E-state index contributed by atoms with van der Waals surface area (Å²) in [4.78, 5) is 18.7. The fraction of sp³-hybridized carbons (Fsp3) is 0.400. The average molecular weight is 336 g/mol. The van der Waals surface area contributed by atoms with Crippen LogP contribution >= 0.6 is 11.6 Å². The van der Waals surface area contributed by atoms with Gasteiger partial charge in [0, 0.05) is 6.54 Å². The van der Waals surface area contributed by atoms with Gasteiger partial charge in [-0.25, -0.2) is 9.78 Å². The van der Waals surface area contributed by atoms with Crippen molar-refractivity contribution in [2.45, 2.75) is 25.3 Å². The van der Waals surface area contributed by atoms with Crippen LogP contribution in [0.1, 0.15) is 31.1 Å². The van der Waals surface area contributed by atoms with Gasteiger partial charge in [-0.1, -0.05) is 17.7 Å². The van der Waals surface area contributed by atoms with Gasteiger partial charge in [0.1, 0.15) is 12.2 Å². The number of para-hydroxylation sites is 1. The van der Waals surface area contributed by atoms with Gasteiger partial charge in [0.15, 0.2) is 5.75 Å². The zero-order chi connectivity index (χ0) is 16.2. The van der Waals surface area contributed by atoms with Gasteiger partial charge in [-0.15, -0.1) is 0 Å². The third kappa shape index (κ3) is 3.24. The molecular weight excluding hydrogens is 318 g/mol. The number of likely N-dealkylation sites (tertiary alicyclic amines) is 1. The fourth-order valence-corrected chi connectivity index (χ4v) is 3.09. The highest BCUT2D eigenvalue weighted by molar-refractivity contribution is 6.32. The summed E-state index contributed by atoms with van der Waals surface area (Å²) >= 11 is 6.10. The van der Waals surface area contributed by atoms with Gasteiger partial charge in [-0.05, 0) is 31.4 Å². The quantitative estimate of drug-likeness (QED) is 0.902. The lowest BCUT2D eigenvalue weighted by molar-refractivity contribution is 0.159. The summed E-state index contributed by atoms with van der Waals surface area (Å²) < 4.78 is 5.27. The van der Waals surface area contributed by atoms with Crippen LogP contribution in [0.2, 0.25) is 5.02 Å². The molecule has 0 bridgehead atoms. The van der Waals surface area contributed by atoms with Crippen LogP contribution in [0.4, 0.5) is 10.5 Å².